The van der Waals surface area contributed by atoms with E-state index in [4.69, 9.17) is 16.3 Å². The van der Waals surface area contributed by atoms with Crippen molar-refractivity contribution in [1.82, 2.24) is 16.0 Å². The Morgan fingerprint density at radius 3 is 2.25 bits per heavy atom. The van der Waals surface area contributed by atoms with Crippen molar-refractivity contribution in [3.63, 3.8) is 0 Å². The van der Waals surface area contributed by atoms with Crippen LogP contribution in [0.3, 0.4) is 0 Å². The zero-order valence-corrected chi connectivity index (χ0v) is 19.1. The molecule has 0 aliphatic carbocycles. The van der Waals surface area contributed by atoms with Crippen molar-refractivity contribution in [1.29, 1.82) is 0 Å². The summed E-state index contributed by atoms with van der Waals surface area (Å²) >= 11 is 5.83. The summed E-state index contributed by atoms with van der Waals surface area (Å²) in [5.41, 5.74) is 1.67. The van der Waals surface area contributed by atoms with Gasteiger partial charge < -0.3 is 20.7 Å². The molecule has 0 unspecified atom stereocenters. The van der Waals surface area contributed by atoms with E-state index in [1.54, 1.807) is 31.4 Å². The Hall–Kier alpha value is -2.00. The molecule has 2 aromatic carbocycles. The average molecular weight is 517 g/mol. The summed E-state index contributed by atoms with van der Waals surface area (Å²) < 4.78 is 5.15. The van der Waals surface area contributed by atoms with Gasteiger partial charge in [0, 0.05) is 30.2 Å². The summed E-state index contributed by atoms with van der Waals surface area (Å²) in [5.74, 6) is 1.40. The van der Waals surface area contributed by atoms with E-state index in [0.717, 1.165) is 17.9 Å². The second-order valence-corrected chi connectivity index (χ2v) is 6.17. The van der Waals surface area contributed by atoms with Gasteiger partial charge in [-0.25, -0.2) is 4.99 Å². The SMILES string of the molecule is CCNC(=NCc1ccc(OC)cc1)NCCNC(=O)c1ccc(Cl)cc1.I. The van der Waals surface area contributed by atoms with Gasteiger partial charge in [0.25, 0.3) is 5.91 Å². The summed E-state index contributed by atoms with van der Waals surface area (Å²) in [4.78, 5) is 16.6. The first-order valence-corrected chi connectivity index (χ1v) is 9.19. The predicted octanol–water partition coefficient (Wildman–Crippen LogP) is 3.45. The molecule has 0 spiro atoms. The number of nitrogens with one attached hydrogen (secondary N) is 3. The minimum atomic E-state index is -0.131. The summed E-state index contributed by atoms with van der Waals surface area (Å²) in [5, 5.41) is 9.87. The first kappa shape index (κ1) is 24.0. The Bertz CT molecular complexity index is 752. The Morgan fingerprint density at radius 2 is 1.64 bits per heavy atom. The second kappa shape index (κ2) is 13.2. The minimum Gasteiger partial charge on any atom is -0.497 e. The third kappa shape index (κ3) is 8.35. The highest BCUT2D eigenvalue weighted by Crippen LogP contribution is 2.12. The van der Waals surface area contributed by atoms with Crippen LogP contribution in [0.25, 0.3) is 0 Å². The molecule has 0 aliphatic heterocycles. The third-order valence-electron chi connectivity index (χ3n) is 3.73. The lowest BCUT2D eigenvalue weighted by molar-refractivity contribution is 0.0954. The van der Waals surface area contributed by atoms with Crippen LogP contribution in [0.5, 0.6) is 5.75 Å². The van der Waals surface area contributed by atoms with Crippen molar-refractivity contribution in [3.05, 3.63) is 64.7 Å². The number of aliphatic imine (C=N–C) groups is 1. The minimum absolute atomic E-state index is 0. The molecular weight excluding hydrogens is 491 g/mol. The van der Waals surface area contributed by atoms with Gasteiger partial charge in [-0.15, -0.1) is 24.0 Å². The molecule has 28 heavy (non-hydrogen) atoms. The largest absolute Gasteiger partial charge is 0.497 e. The van der Waals surface area contributed by atoms with E-state index in [1.165, 1.54) is 0 Å². The van der Waals surface area contributed by atoms with Crippen molar-refractivity contribution in [2.45, 2.75) is 13.5 Å². The number of halogens is 2. The molecule has 0 saturated carbocycles. The summed E-state index contributed by atoms with van der Waals surface area (Å²) in [6, 6.07) is 14.6. The molecule has 0 saturated heterocycles. The third-order valence-corrected chi connectivity index (χ3v) is 3.98. The number of benzene rings is 2. The highest BCUT2D eigenvalue weighted by molar-refractivity contribution is 14.0. The van der Waals surface area contributed by atoms with Gasteiger partial charge in [-0.2, -0.15) is 0 Å². The number of amides is 1. The normalized spacial score (nSPS) is 10.6. The highest BCUT2D eigenvalue weighted by atomic mass is 127. The summed E-state index contributed by atoms with van der Waals surface area (Å²) in [7, 11) is 1.64. The van der Waals surface area contributed by atoms with Gasteiger partial charge in [-0.3, -0.25) is 4.79 Å². The van der Waals surface area contributed by atoms with Crippen molar-refractivity contribution in [2.24, 2.45) is 4.99 Å². The van der Waals surface area contributed by atoms with E-state index < -0.39 is 0 Å². The standard InChI is InChI=1S/C20H25ClN4O2.HI/c1-3-22-20(25-14-15-4-10-18(27-2)11-5-15)24-13-12-23-19(26)16-6-8-17(21)9-7-16;/h4-11H,3,12-14H2,1-2H3,(H,23,26)(H2,22,24,25);1H. The molecule has 2 aromatic rings. The van der Waals surface area contributed by atoms with Gasteiger partial charge in [0.2, 0.25) is 0 Å². The molecule has 0 bridgehead atoms. The lowest BCUT2D eigenvalue weighted by atomic mass is 10.2. The zero-order chi connectivity index (χ0) is 19.5. The molecule has 0 atom stereocenters. The van der Waals surface area contributed by atoms with Gasteiger partial charge in [-0.05, 0) is 48.9 Å². The van der Waals surface area contributed by atoms with Crippen LogP contribution in [-0.4, -0.2) is 38.6 Å². The summed E-state index contributed by atoms with van der Waals surface area (Å²) in [6.07, 6.45) is 0. The fourth-order valence-corrected chi connectivity index (χ4v) is 2.43. The van der Waals surface area contributed by atoms with Crippen LogP contribution in [0.1, 0.15) is 22.8 Å². The first-order chi connectivity index (χ1) is 13.1. The maximum atomic E-state index is 12.1. The Labute approximate surface area is 188 Å². The van der Waals surface area contributed by atoms with Crippen molar-refractivity contribution in [2.75, 3.05) is 26.7 Å². The number of ether oxygens (including phenoxy) is 1. The fourth-order valence-electron chi connectivity index (χ4n) is 2.30. The number of methoxy groups -OCH3 is 1. The van der Waals surface area contributed by atoms with Crippen molar-refractivity contribution < 1.29 is 9.53 Å². The van der Waals surface area contributed by atoms with Crippen molar-refractivity contribution in [3.8, 4) is 5.75 Å². The van der Waals surface area contributed by atoms with Gasteiger partial charge in [0.15, 0.2) is 5.96 Å². The molecule has 8 heteroatoms. The van der Waals surface area contributed by atoms with E-state index in [9.17, 15) is 4.79 Å². The number of carbonyl (C=O) groups excluding carboxylic acids is 1. The molecule has 1 amide bonds. The lowest BCUT2D eigenvalue weighted by Crippen LogP contribution is -2.41. The Kier molecular flexibility index (Phi) is 11.4. The fraction of sp³-hybridized carbons (Fsp3) is 0.300. The highest BCUT2D eigenvalue weighted by Gasteiger charge is 2.04. The molecule has 3 N–H and O–H groups in total. The molecular formula is C20H26ClIN4O2. The Balaban J connectivity index is 0.00000392. The van der Waals surface area contributed by atoms with Gasteiger partial charge in [0.05, 0.1) is 13.7 Å². The van der Waals surface area contributed by atoms with Crippen LogP contribution in [0.15, 0.2) is 53.5 Å². The Morgan fingerprint density at radius 1 is 1.00 bits per heavy atom. The van der Waals surface area contributed by atoms with Gasteiger partial charge >= 0.3 is 0 Å². The maximum Gasteiger partial charge on any atom is 0.251 e. The smallest absolute Gasteiger partial charge is 0.251 e. The van der Waals surface area contributed by atoms with E-state index in [-0.39, 0.29) is 29.9 Å². The number of carbonyl (C=O) groups is 1. The lowest BCUT2D eigenvalue weighted by Gasteiger charge is -2.12. The van der Waals surface area contributed by atoms with E-state index in [2.05, 4.69) is 20.9 Å². The number of guanidine groups is 1. The molecule has 152 valence electrons. The molecule has 0 aliphatic rings. The molecule has 6 nitrogen and oxygen atoms in total. The number of nitrogens with zero attached hydrogens (tertiary/aromatic N) is 1. The van der Waals surface area contributed by atoms with Gasteiger partial charge in [-0.1, -0.05) is 23.7 Å². The van der Waals surface area contributed by atoms with Crippen LogP contribution in [0.4, 0.5) is 0 Å². The molecule has 0 fully saturated rings. The van der Waals surface area contributed by atoms with Crippen LogP contribution < -0.4 is 20.7 Å². The monoisotopic (exact) mass is 516 g/mol. The topological polar surface area (TPSA) is 74.8 Å². The first-order valence-electron chi connectivity index (χ1n) is 8.81. The van der Waals surface area contributed by atoms with Crippen LogP contribution in [-0.2, 0) is 6.54 Å². The number of rotatable bonds is 8. The van der Waals surface area contributed by atoms with E-state index >= 15 is 0 Å². The van der Waals surface area contributed by atoms with Gasteiger partial charge in [0.1, 0.15) is 5.75 Å². The quantitative estimate of drug-likeness (QED) is 0.217. The number of hydrogen-bond donors (Lipinski definition) is 3. The van der Waals surface area contributed by atoms with Crippen LogP contribution >= 0.6 is 35.6 Å². The average Bonchev–Trinajstić information content (AvgIpc) is 2.70. The van der Waals surface area contributed by atoms with Crippen LogP contribution in [0.2, 0.25) is 5.02 Å². The van der Waals surface area contributed by atoms with Crippen molar-refractivity contribution >= 4 is 47.4 Å². The molecule has 2 rings (SSSR count). The second-order valence-electron chi connectivity index (χ2n) is 5.73. The summed E-state index contributed by atoms with van der Waals surface area (Å²) in [6.45, 7) is 4.36. The molecule has 0 aromatic heterocycles. The molecule has 0 heterocycles. The predicted molar refractivity (Wildman–Crippen MR) is 125 cm³/mol. The zero-order valence-electron chi connectivity index (χ0n) is 16.0. The van der Waals surface area contributed by atoms with E-state index in [1.807, 2.05) is 31.2 Å². The maximum absolute atomic E-state index is 12.1. The molecule has 0 radical (unpaired) electrons. The van der Waals surface area contributed by atoms with E-state index in [0.29, 0.717) is 36.2 Å². The number of hydrogen-bond acceptors (Lipinski definition) is 3. The van der Waals surface area contributed by atoms with Crippen LogP contribution in [0, 0.1) is 0 Å².